The molecule has 120 valence electrons. The van der Waals surface area contributed by atoms with Crippen molar-refractivity contribution >= 4 is 17.7 Å². The minimum Gasteiger partial charge on any atom is -0.493 e. The van der Waals surface area contributed by atoms with Crippen LogP contribution in [0.15, 0.2) is 12.1 Å². The minimum absolute atomic E-state index is 0.0220. The molecule has 0 saturated carbocycles. The summed E-state index contributed by atoms with van der Waals surface area (Å²) in [6.45, 7) is 0.155. The van der Waals surface area contributed by atoms with E-state index in [0.29, 0.717) is 30.2 Å². The van der Waals surface area contributed by atoms with E-state index in [0.717, 1.165) is 5.56 Å². The van der Waals surface area contributed by atoms with Gasteiger partial charge >= 0.3 is 12.0 Å². The molecule has 0 spiro atoms. The molecule has 2 amide bonds. The van der Waals surface area contributed by atoms with E-state index < -0.39 is 12.0 Å². The van der Waals surface area contributed by atoms with Crippen molar-refractivity contribution < 1.29 is 29.3 Å². The van der Waals surface area contributed by atoms with Crippen LogP contribution >= 0.6 is 0 Å². The number of benzene rings is 1. The van der Waals surface area contributed by atoms with Crippen molar-refractivity contribution in [3.63, 3.8) is 0 Å². The molecule has 8 heteroatoms. The lowest BCUT2D eigenvalue weighted by Crippen LogP contribution is -2.41. The first-order valence-electron chi connectivity index (χ1n) is 6.77. The van der Waals surface area contributed by atoms with Crippen molar-refractivity contribution in [1.29, 1.82) is 0 Å². The summed E-state index contributed by atoms with van der Waals surface area (Å²) >= 11 is 0. The number of hydrogen-bond donors (Lipinski definition) is 3. The molecule has 0 radical (unpaired) electrons. The first kappa shape index (κ1) is 15.9. The van der Waals surface area contributed by atoms with Gasteiger partial charge in [-0.1, -0.05) is 0 Å². The van der Waals surface area contributed by atoms with E-state index in [-0.39, 0.29) is 19.7 Å². The number of aliphatic hydroxyl groups is 1. The van der Waals surface area contributed by atoms with Gasteiger partial charge in [0.2, 0.25) is 0 Å². The highest BCUT2D eigenvalue weighted by molar-refractivity contribution is 5.94. The number of nitrogens with one attached hydrogen (secondary N) is 1. The van der Waals surface area contributed by atoms with Gasteiger partial charge in [-0.15, -0.1) is 0 Å². The monoisotopic (exact) mass is 310 g/mol. The van der Waals surface area contributed by atoms with Crippen LogP contribution in [0.1, 0.15) is 12.0 Å². The number of aliphatic hydroxyl groups excluding tert-OH is 1. The van der Waals surface area contributed by atoms with Gasteiger partial charge in [0.05, 0.1) is 25.9 Å². The Morgan fingerprint density at radius 1 is 1.41 bits per heavy atom. The van der Waals surface area contributed by atoms with Gasteiger partial charge < -0.3 is 29.9 Å². The molecule has 0 atom stereocenters. The zero-order valence-corrected chi connectivity index (χ0v) is 12.2. The summed E-state index contributed by atoms with van der Waals surface area (Å²) in [6, 6.07) is 2.88. The predicted octanol–water partition coefficient (Wildman–Crippen LogP) is 0.888. The smallest absolute Gasteiger partial charge is 0.323 e. The first-order valence-corrected chi connectivity index (χ1v) is 6.77. The Bertz CT molecular complexity index is 575. The van der Waals surface area contributed by atoms with Gasteiger partial charge in [-0.2, -0.15) is 0 Å². The van der Waals surface area contributed by atoms with Crippen molar-refractivity contribution in [3.05, 3.63) is 17.7 Å². The van der Waals surface area contributed by atoms with Crippen LogP contribution in [0.4, 0.5) is 10.5 Å². The Morgan fingerprint density at radius 3 is 2.82 bits per heavy atom. The fraction of sp³-hybridized carbons (Fsp3) is 0.429. The summed E-state index contributed by atoms with van der Waals surface area (Å²) in [5.41, 5.74) is 1.30. The molecule has 1 aromatic rings. The van der Waals surface area contributed by atoms with Crippen LogP contribution in [0.2, 0.25) is 0 Å². The van der Waals surface area contributed by atoms with Crippen LogP contribution in [-0.4, -0.2) is 54.0 Å². The Labute approximate surface area is 127 Å². The van der Waals surface area contributed by atoms with Gasteiger partial charge in [-0.25, -0.2) is 4.79 Å². The van der Waals surface area contributed by atoms with E-state index in [1.807, 2.05) is 0 Å². The molecule has 1 aliphatic rings. The van der Waals surface area contributed by atoms with Gasteiger partial charge in [0, 0.05) is 19.1 Å². The van der Waals surface area contributed by atoms with Crippen LogP contribution in [-0.2, 0) is 11.3 Å². The summed E-state index contributed by atoms with van der Waals surface area (Å²) < 4.78 is 10.8. The molecule has 8 nitrogen and oxygen atoms in total. The SMILES string of the molecule is COc1cc2c(cc1OCCCO)NC(=O)N(CC(=O)O)C2. The highest BCUT2D eigenvalue weighted by Gasteiger charge is 2.26. The maximum atomic E-state index is 11.9. The number of rotatable bonds is 7. The highest BCUT2D eigenvalue weighted by Crippen LogP contribution is 2.36. The molecular weight excluding hydrogens is 292 g/mol. The number of fused-ring (bicyclic) bond motifs is 1. The van der Waals surface area contributed by atoms with Crippen LogP contribution in [0.25, 0.3) is 0 Å². The number of methoxy groups -OCH3 is 1. The van der Waals surface area contributed by atoms with Crippen molar-refractivity contribution in [2.24, 2.45) is 0 Å². The lowest BCUT2D eigenvalue weighted by molar-refractivity contribution is -0.137. The first-order chi connectivity index (χ1) is 10.5. The molecular formula is C14H18N2O6. The summed E-state index contributed by atoms with van der Waals surface area (Å²) in [7, 11) is 1.50. The number of carboxylic acid groups (broad SMARTS) is 1. The third-order valence-corrected chi connectivity index (χ3v) is 3.17. The third kappa shape index (κ3) is 3.59. The van der Waals surface area contributed by atoms with Crippen LogP contribution in [0.3, 0.4) is 0 Å². The number of urea groups is 1. The molecule has 3 N–H and O–H groups in total. The van der Waals surface area contributed by atoms with Gasteiger partial charge in [0.25, 0.3) is 0 Å². The van der Waals surface area contributed by atoms with Crippen LogP contribution in [0.5, 0.6) is 11.5 Å². The molecule has 22 heavy (non-hydrogen) atoms. The molecule has 0 fully saturated rings. The fourth-order valence-electron chi connectivity index (χ4n) is 2.13. The topological polar surface area (TPSA) is 108 Å². The molecule has 1 aromatic carbocycles. The van der Waals surface area contributed by atoms with Gasteiger partial charge in [-0.3, -0.25) is 4.79 Å². The number of ether oxygens (including phenoxy) is 2. The third-order valence-electron chi connectivity index (χ3n) is 3.17. The van der Waals surface area contributed by atoms with E-state index in [2.05, 4.69) is 5.32 Å². The molecule has 2 rings (SSSR count). The molecule has 0 saturated heterocycles. The second-order valence-corrected chi connectivity index (χ2v) is 4.77. The van der Waals surface area contributed by atoms with Crippen molar-refractivity contribution in [3.8, 4) is 11.5 Å². The lowest BCUT2D eigenvalue weighted by atomic mass is 10.1. The highest BCUT2D eigenvalue weighted by atomic mass is 16.5. The molecule has 0 aromatic heterocycles. The number of hydrogen-bond acceptors (Lipinski definition) is 5. The summed E-state index contributed by atoms with van der Waals surface area (Å²) in [4.78, 5) is 23.8. The van der Waals surface area contributed by atoms with E-state index in [1.54, 1.807) is 12.1 Å². The Balaban J connectivity index is 2.22. The molecule has 0 unspecified atom stereocenters. The minimum atomic E-state index is -1.07. The summed E-state index contributed by atoms with van der Waals surface area (Å²) in [5.74, 6) is -0.126. The summed E-state index contributed by atoms with van der Waals surface area (Å²) in [5, 5.41) is 20.2. The zero-order valence-electron chi connectivity index (χ0n) is 12.2. The van der Waals surface area contributed by atoms with Crippen LogP contribution in [0, 0.1) is 0 Å². The van der Waals surface area contributed by atoms with Crippen molar-refractivity contribution in [2.45, 2.75) is 13.0 Å². The van der Waals surface area contributed by atoms with Gasteiger partial charge in [0.15, 0.2) is 11.5 Å². The van der Waals surface area contributed by atoms with E-state index in [1.165, 1.54) is 12.0 Å². The molecule has 0 bridgehead atoms. The Hall–Kier alpha value is -2.48. The maximum Gasteiger partial charge on any atom is 0.323 e. The second kappa shape index (κ2) is 6.99. The Kier molecular flexibility index (Phi) is 5.05. The number of amides is 2. The maximum absolute atomic E-state index is 11.9. The van der Waals surface area contributed by atoms with Crippen molar-refractivity contribution in [2.75, 3.05) is 32.2 Å². The number of carbonyl (C=O) groups excluding carboxylic acids is 1. The largest absolute Gasteiger partial charge is 0.493 e. The second-order valence-electron chi connectivity index (χ2n) is 4.77. The average Bonchev–Trinajstić information content (AvgIpc) is 2.47. The normalized spacial score (nSPS) is 13.4. The Morgan fingerprint density at radius 2 is 2.18 bits per heavy atom. The van der Waals surface area contributed by atoms with Gasteiger partial charge in [-0.05, 0) is 11.6 Å². The number of anilines is 1. The van der Waals surface area contributed by atoms with E-state index in [4.69, 9.17) is 19.7 Å². The number of carboxylic acids is 1. The zero-order chi connectivity index (χ0) is 16.1. The molecule has 0 aliphatic carbocycles. The predicted molar refractivity (Wildman–Crippen MR) is 77.3 cm³/mol. The quantitative estimate of drug-likeness (QED) is 0.645. The molecule has 1 aliphatic heterocycles. The lowest BCUT2D eigenvalue weighted by Gasteiger charge is -2.29. The van der Waals surface area contributed by atoms with Gasteiger partial charge in [0.1, 0.15) is 6.54 Å². The van der Waals surface area contributed by atoms with Crippen molar-refractivity contribution in [1.82, 2.24) is 4.90 Å². The van der Waals surface area contributed by atoms with Crippen LogP contribution < -0.4 is 14.8 Å². The van der Waals surface area contributed by atoms with E-state index >= 15 is 0 Å². The number of nitrogens with zero attached hydrogens (tertiary/aromatic N) is 1. The number of aliphatic carboxylic acids is 1. The standard InChI is InChI=1S/C14H18N2O6/c1-21-11-5-9-7-16(8-13(18)19)14(20)15-10(9)6-12(11)22-4-2-3-17/h5-6,17H,2-4,7-8H2,1H3,(H,15,20)(H,18,19). The van der Waals surface area contributed by atoms with E-state index in [9.17, 15) is 9.59 Å². The fourth-order valence-corrected chi connectivity index (χ4v) is 2.13. The average molecular weight is 310 g/mol. The summed E-state index contributed by atoms with van der Waals surface area (Å²) in [6.07, 6.45) is 0.485. The molecule has 1 heterocycles. The number of carbonyl (C=O) groups is 2.